The first kappa shape index (κ1) is 14.3. The van der Waals surface area contributed by atoms with E-state index in [1.165, 1.54) is 48.8 Å². The van der Waals surface area contributed by atoms with Crippen molar-refractivity contribution in [2.45, 2.75) is 65.2 Å². The molecule has 0 aliphatic heterocycles. The van der Waals surface area contributed by atoms with E-state index in [-0.39, 0.29) is 0 Å². The van der Waals surface area contributed by atoms with Crippen LogP contribution in [0.3, 0.4) is 0 Å². The van der Waals surface area contributed by atoms with Gasteiger partial charge in [-0.15, -0.1) is 0 Å². The van der Waals surface area contributed by atoms with E-state index in [0.717, 1.165) is 18.8 Å². The normalized spacial score (nSPS) is 16.5. The zero-order valence-corrected chi connectivity index (χ0v) is 12.4. The molecule has 1 nitrogen and oxygen atoms in total. The molecule has 1 aromatic carbocycles. The first-order chi connectivity index (χ1) is 9.13. The van der Waals surface area contributed by atoms with Gasteiger partial charge in [-0.05, 0) is 31.7 Å². The second-order valence-electron chi connectivity index (χ2n) is 6.25. The predicted octanol–water partition coefficient (Wildman–Crippen LogP) is 4.78. The number of hydrogen-bond donors (Lipinski definition) is 0. The zero-order valence-electron chi connectivity index (χ0n) is 12.4. The Kier molecular flexibility index (Phi) is 5.18. The van der Waals surface area contributed by atoms with Crippen molar-refractivity contribution in [2.24, 2.45) is 5.92 Å². The molecule has 0 saturated heterocycles. The van der Waals surface area contributed by atoms with Crippen LogP contribution in [-0.2, 0) is 11.2 Å². The molecule has 0 bridgehead atoms. The van der Waals surface area contributed by atoms with Gasteiger partial charge < -0.3 is 0 Å². The molecule has 0 atom stereocenters. The van der Waals surface area contributed by atoms with Crippen LogP contribution in [0.25, 0.3) is 0 Å². The average Bonchev–Trinajstić information content (AvgIpc) is 2.36. The van der Waals surface area contributed by atoms with Crippen molar-refractivity contribution in [1.29, 1.82) is 0 Å². The summed E-state index contributed by atoms with van der Waals surface area (Å²) in [4.78, 5) is 12.1. The molecule has 1 saturated carbocycles. The molecule has 0 unspecified atom stereocenters. The lowest BCUT2D eigenvalue weighted by molar-refractivity contribution is -0.118. The van der Waals surface area contributed by atoms with Gasteiger partial charge in [0.15, 0.2) is 0 Å². The molecule has 1 fully saturated rings. The maximum Gasteiger partial charge on any atom is 0.137 e. The Morgan fingerprint density at radius 3 is 2.32 bits per heavy atom. The van der Waals surface area contributed by atoms with E-state index in [0.29, 0.717) is 12.2 Å². The molecule has 19 heavy (non-hydrogen) atoms. The predicted molar refractivity (Wildman–Crippen MR) is 80.4 cm³/mol. The van der Waals surface area contributed by atoms with Crippen molar-refractivity contribution in [2.75, 3.05) is 0 Å². The number of carbonyl (C=O) groups excluding carboxylic acids is 1. The van der Waals surface area contributed by atoms with Crippen LogP contribution in [0, 0.1) is 19.8 Å². The minimum Gasteiger partial charge on any atom is -0.299 e. The minimum atomic E-state index is 0.413. The molecule has 0 aromatic heterocycles. The SMILES string of the molecule is Cc1cc(C)cc(CC(=O)CCC2CCCCC2)c1. The van der Waals surface area contributed by atoms with Crippen LogP contribution in [0.1, 0.15) is 61.6 Å². The number of aryl methyl sites for hydroxylation is 2. The third-order valence-corrected chi connectivity index (χ3v) is 4.24. The van der Waals surface area contributed by atoms with Crippen LogP contribution in [-0.4, -0.2) is 5.78 Å². The molecular weight excluding hydrogens is 232 g/mol. The van der Waals surface area contributed by atoms with Crippen molar-refractivity contribution in [1.82, 2.24) is 0 Å². The molecular formula is C18H26O. The Bertz CT molecular complexity index is 407. The maximum atomic E-state index is 12.1. The lowest BCUT2D eigenvalue weighted by Crippen LogP contribution is -2.10. The van der Waals surface area contributed by atoms with E-state index in [1.807, 2.05) is 0 Å². The van der Waals surface area contributed by atoms with E-state index in [4.69, 9.17) is 0 Å². The summed E-state index contributed by atoms with van der Waals surface area (Å²) in [6, 6.07) is 6.45. The van der Waals surface area contributed by atoms with E-state index in [2.05, 4.69) is 32.0 Å². The summed E-state index contributed by atoms with van der Waals surface area (Å²) in [7, 11) is 0. The smallest absolute Gasteiger partial charge is 0.137 e. The van der Waals surface area contributed by atoms with Crippen LogP contribution in [0.5, 0.6) is 0 Å². The Balaban J connectivity index is 1.80. The highest BCUT2D eigenvalue weighted by Gasteiger charge is 2.15. The van der Waals surface area contributed by atoms with Gasteiger partial charge in [-0.1, -0.05) is 61.4 Å². The van der Waals surface area contributed by atoms with Gasteiger partial charge in [-0.3, -0.25) is 4.79 Å². The molecule has 1 aliphatic carbocycles. The Hall–Kier alpha value is -1.11. The van der Waals surface area contributed by atoms with Gasteiger partial charge in [0.2, 0.25) is 0 Å². The quantitative estimate of drug-likeness (QED) is 0.743. The van der Waals surface area contributed by atoms with E-state index >= 15 is 0 Å². The molecule has 0 radical (unpaired) electrons. The molecule has 1 aliphatic rings. The first-order valence-electron chi connectivity index (χ1n) is 7.72. The van der Waals surface area contributed by atoms with Crippen LogP contribution >= 0.6 is 0 Å². The minimum absolute atomic E-state index is 0.413. The summed E-state index contributed by atoms with van der Waals surface area (Å²) in [6.07, 6.45) is 9.34. The highest BCUT2D eigenvalue weighted by molar-refractivity contribution is 5.80. The summed E-state index contributed by atoms with van der Waals surface area (Å²) in [5, 5.41) is 0. The highest BCUT2D eigenvalue weighted by Crippen LogP contribution is 2.27. The molecule has 1 heteroatoms. The number of rotatable bonds is 5. The van der Waals surface area contributed by atoms with E-state index in [9.17, 15) is 4.79 Å². The molecule has 104 valence electrons. The molecule has 0 spiro atoms. The summed E-state index contributed by atoms with van der Waals surface area (Å²) < 4.78 is 0. The van der Waals surface area contributed by atoms with Crippen LogP contribution in [0.15, 0.2) is 18.2 Å². The molecule has 0 heterocycles. The lowest BCUT2D eigenvalue weighted by atomic mass is 9.85. The largest absolute Gasteiger partial charge is 0.299 e. The number of hydrogen-bond acceptors (Lipinski definition) is 1. The number of benzene rings is 1. The maximum absolute atomic E-state index is 12.1. The fourth-order valence-electron chi connectivity index (χ4n) is 3.33. The summed E-state index contributed by atoms with van der Waals surface area (Å²) >= 11 is 0. The monoisotopic (exact) mass is 258 g/mol. The van der Waals surface area contributed by atoms with Crippen LogP contribution in [0.4, 0.5) is 0 Å². The van der Waals surface area contributed by atoms with Crippen molar-refractivity contribution in [3.63, 3.8) is 0 Å². The van der Waals surface area contributed by atoms with Gasteiger partial charge in [0.05, 0.1) is 0 Å². The van der Waals surface area contributed by atoms with E-state index < -0.39 is 0 Å². The fourth-order valence-corrected chi connectivity index (χ4v) is 3.33. The van der Waals surface area contributed by atoms with Crippen LogP contribution in [0.2, 0.25) is 0 Å². The highest BCUT2D eigenvalue weighted by atomic mass is 16.1. The Morgan fingerprint density at radius 1 is 1.05 bits per heavy atom. The van der Waals surface area contributed by atoms with Gasteiger partial charge in [-0.2, -0.15) is 0 Å². The third-order valence-electron chi connectivity index (χ3n) is 4.24. The topological polar surface area (TPSA) is 17.1 Å². The second-order valence-corrected chi connectivity index (χ2v) is 6.25. The lowest BCUT2D eigenvalue weighted by Gasteiger charge is -2.20. The summed E-state index contributed by atoms with van der Waals surface area (Å²) in [5.41, 5.74) is 3.70. The van der Waals surface area contributed by atoms with Gasteiger partial charge >= 0.3 is 0 Å². The van der Waals surface area contributed by atoms with Gasteiger partial charge in [0, 0.05) is 12.8 Å². The zero-order chi connectivity index (χ0) is 13.7. The molecule has 1 aromatic rings. The molecule has 0 amide bonds. The van der Waals surface area contributed by atoms with Gasteiger partial charge in [0.25, 0.3) is 0 Å². The van der Waals surface area contributed by atoms with Gasteiger partial charge in [0.1, 0.15) is 5.78 Å². The number of Topliss-reactive ketones (excluding diaryl/α,β-unsaturated/α-hetero) is 1. The standard InChI is InChI=1S/C18H26O/c1-14-10-15(2)12-17(11-14)13-18(19)9-8-16-6-4-3-5-7-16/h10-12,16H,3-9,13H2,1-2H3. The van der Waals surface area contributed by atoms with Crippen molar-refractivity contribution < 1.29 is 4.79 Å². The van der Waals surface area contributed by atoms with Crippen molar-refractivity contribution in [3.05, 3.63) is 34.9 Å². The number of ketones is 1. The third kappa shape index (κ3) is 4.81. The summed E-state index contributed by atoms with van der Waals surface area (Å²) in [6.45, 7) is 4.20. The Morgan fingerprint density at radius 2 is 1.68 bits per heavy atom. The van der Waals surface area contributed by atoms with Crippen molar-refractivity contribution >= 4 is 5.78 Å². The average molecular weight is 258 g/mol. The Labute approximate surface area is 117 Å². The number of carbonyl (C=O) groups is 1. The molecule has 0 N–H and O–H groups in total. The first-order valence-corrected chi connectivity index (χ1v) is 7.72. The second kappa shape index (κ2) is 6.88. The summed E-state index contributed by atoms with van der Waals surface area (Å²) in [5.74, 6) is 1.23. The van der Waals surface area contributed by atoms with Crippen LogP contribution < -0.4 is 0 Å². The fraction of sp³-hybridized carbons (Fsp3) is 0.611. The van der Waals surface area contributed by atoms with Gasteiger partial charge in [-0.25, -0.2) is 0 Å². The van der Waals surface area contributed by atoms with E-state index in [1.54, 1.807) is 0 Å². The molecule has 2 rings (SSSR count). The van der Waals surface area contributed by atoms with Crippen molar-refractivity contribution in [3.8, 4) is 0 Å².